The molecule has 0 spiro atoms. The van der Waals surface area contributed by atoms with Gasteiger partial charge in [0.2, 0.25) is 0 Å². The Labute approximate surface area is 161 Å². The lowest BCUT2D eigenvalue weighted by Crippen LogP contribution is -2.36. The highest BCUT2D eigenvalue weighted by molar-refractivity contribution is 6.30. The van der Waals surface area contributed by atoms with E-state index in [9.17, 15) is 4.79 Å². The van der Waals surface area contributed by atoms with Crippen molar-refractivity contribution in [1.82, 2.24) is 15.0 Å². The number of ether oxygens (including phenoxy) is 1. The molecule has 1 aliphatic rings. The molecule has 0 saturated carbocycles. The molecule has 7 nitrogen and oxygen atoms in total. The van der Waals surface area contributed by atoms with Gasteiger partial charge in [-0.1, -0.05) is 23.7 Å². The second kappa shape index (κ2) is 7.59. The molecule has 0 bridgehead atoms. The molecule has 1 aromatic carbocycles. The van der Waals surface area contributed by atoms with Crippen LogP contribution in [0.4, 0.5) is 16.4 Å². The van der Waals surface area contributed by atoms with E-state index in [1.807, 2.05) is 30.3 Å². The zero-order chi connectivity index (χ0) is 18.6. The number of aromatic nitrogens is 3. The van der Waals surface area contributed by atoms with Crippen molar-refractivity contribution < 1.29 is 9.53 Å². The highest BCUT2D eigenvalue weighted by Gasteiger charge is 2.25. The van der Waals surface area contributed by atoms with E-state index in [1.54, 1.807) is 17.2 Å². The number of nitrogens with zero attached hydrogens (tertiary/aromatic N) is 4. The lowest BCUT2D eigenvalue weighted by Gasteiger charge is -2.21. The Balaban J connectivity index is 1.69. The fourth-order valence-electron chi connectivity index (χ4n) is 2.80. The fraction of sp³-hybridized carbons (Fsp3) is 0.158. The van der Waals surface area contributed by atoms with Gasteiger partial charge in [-0.2, -0.15) is 0 Å². The molecule has 8 heteroatoms. The molecule has 3 heterocycles. The van der Waals surface area contributed by atoms with Crippen LogP contribution < -0.4 is 15.0 Å². The van der Waals surface area contributed by atoms with E-state index < -0.39 is 0 Å². The zero-order valence-corrected chi connectivity index (χ0v) is 15.1. The first-order valence-corrected chi connectivity index (χ1v) is 8.83. The minimum atomic E-state index is -0.335. The standard InChI is InChI=1S/C19H16ClN5O2/c20-14-4-1-3-13(11-14)15-5-6-16-18(23-15)25(9-2-10-27-16)19(26)24-17-12-21-7-8-22-17/h1,3-8,11-12H,2,9-10H2,(H,22,24,26). The Morgan fingerprint density at radius 2 is 2.15 bits per heavy atom. The second-order valence-electron chi connectivity index (χ2n) is 5.90. The molecule has 136 valence electrons. The molecule has 0 fully saturated rings. The van der Waals surface area contributed by atoms with Crippen LogP contribution in [0.2, 0.25) is 5.02 Å². The largest absolute Gasteiger partial charge is 0.490 e. The van der Waals surface area contributed by atoms with Gasteiger partial charge in [-0.15, -0.1) is 0 Å². The summed E-state index contributed by atoms with van der Waals surface area (Å²) in [7, 11) is 0. The predicted molar refractivity (Wildman–Crippen MR) is 103 cm³/mol. The number of pyridine rings is 1. The number of nitrogens with one attached hydrogen (secondary N) is 1. The smallest absolute Gasteiger partial charge is 0.328 e. The van der Waals surface area contributed by atoms with E-state index in [0.717, 1.165) is 5.56 Å². The summed E-state index contributed by atoms with van der Waals surface area (Å²) in [6.07, 6.45) is 5.24. The van der Waals surface area contributed by atoms with Crippen LogP contribution in [-0.2, 0) is 0 Å². The number of hydrogen-bond donors (Lipinski definition) is 1. The SMILES string of the molecule is O=C(Nc1cnccn1)N1CCCOc2ccc(-c3cccc(Cl)c3)nc21. The van der Waals surface area contributed by atoms with Gasteiger partial charge in [0.25, 0.3) is 0 Å². The summed E-state index contributed by atoms with van der Waals surface area (Å²) in [5, 5.41) is 3.37. The minimum Gasteiger partial charge on any atom is -0.490 e. The Morgan fingerprint density at radius 1 is 1.22 bits per heavy atom. The van der Waals surface area contributed by atoms with Crippen LogP contribution >= 0.6 is 11.6 Å². The maximum absolute atomic E-state index is 12.8. The van der Waals surface area contributed by atoms with Crippen LogP contribution in [-0.4, -0.2) is 34.1 Å². The molecule has 0 aliphatic carbocycles. The molecule has 27 heavy (non-hydrogen) atoms. The Bertz CT molecular complexity index is 967. The maximum Gasteiger partial charge on any atom is 0.328 e. The molecule has 2 amide bonds. The van der Waals surface area contributed by atoms with E-state index in [1.165, 1.54) is 12.4 Å². The molecule has 1 N–H and O–H groups in total. The number of carbonyl (C=O) groups excluding carboxylic acids is 1. The third kappa shape index (κ3) is 3.83. The average Bonchev–Trinajstić information content (AvgIpc) is 2.90. The Hall–Kier alpha value is -3.19. The topological polar surface area (TPSA) is 80.2 Å². The van der Waals surface area contributed by atoms with Crippen LogP contribution in [0.1, 0.15) is 6.42 Å². The second-order valence-corrected chi connectivity index (χ2v) is 6.34. The minimum absolute atomic E-state index is 0.335. The maximum atomic E-state index is 12.8. The van der Waals surface area contributed by atoms with Gasteiger partial charge in [-0.25, -0.2) is 14.8 Å². The van der Waals surface area contributed by atoms with E-state index in [-0.39, 0.29) is 6.03 Å². The number of hydrogen-bond acceptors (Lipinski definition) is 5. The molecule has 0 atom stereocenters. The molecule has 0 saturated heterocycles. The molecule has 2 aromatic heterocycles. The van der Waals surface area contributed by atoms with Crippen LogP contribution in [0.3, 0.4) is 0 Å². The molecule has 1 aliphatic heterocycles. The van der Waals surface area contributed by atoms with E-state index in [0.29, 0.717) is 47.7 Å². The van der Waals surface area contributed by atoms with Gasteiger partial charge in [0.05, 0.1) is 18.5 Å². The van der Waals surface area contributed by atoms with Crippen molar-refractivity contribution >= 4 is 29.3 Å². The summed E-state index contributed by atoms with van der Waals surface area (Å²) >= 11 is 6.09. The van der Waals surface area contributed by atoms with Gasteiger partial charge in [0.15, 0.2) is 17.4 Å². The molecule has 4 rings (SSSR count). The van der Waals surface area contributed by atoms with Gasteiger partial charge < -0.3 is 4.74 Å². The van der Waals surface area contributed by atoms with Gasteiger partial charge >= 0.3 is 6.03 Å². The predicted octanol–water partition coefficient (Wildman–Crippen LogP) is 4.01. The first kappa shape index (κ1) is 17.2. The van der Waals surface area contributed by atoms with Gasteiger partial charge in [-0.3, -0.25) is 15.2 Å². The van der Waals surface area contributed by atoms with Crippen molar-refractivity contribution in [3.05, 3.63) is 60.0 Å². The first-order valence-electron chi connectivity index (χ1n) is 8.45. The van der Waals surface area contributed by atoms with E-state index >= 15 is 0 Å². The van der Waals surface area contributed by atoms with E-state index in [2.05, 4.69) is 20.3 Å². The van der Waals surface area contributed by atoms with Crippen LogP contribution in [0.5, 0.6) is 5.75 Å². The fourth-order valence-corrected chi connectivity index (χ4v) is 2.99. The summed E-state index contributed by atoms with van der Waals surface area (Å²) in [6, 6.07) is 10.8. The number of carbonyl (C=O) groups is 1. The molecule has 3 aromatic rings. The quantitative estimate of drug-likeness (QED) is 0.725. The number of benzene rings is 1. The van der Waals surface area contributed by atoms with Crippen LogP contribution in [0.15, 0.2) is 55.0 Å². The number of halogens is 1. The van der Waals surface area contributed by atoms with Crippen molar-refractivity contribution in [1.29, 1.82) is 0 Å². The summed E-state index contributed by atoms with van der Waals surface area (Å²) < 4.78 is 5.76. The first-order chi connectivity index (χ1) is 13.2. The van der Waals surface area contributed by atoms with Gasteiger partial charge in [0, 0.05) is 29.5 Å². The molecular formula is C19H16ClN5O2. The monoisotopic (exact) mass is 381 g/mol. The van der Waals surface area contributed by atoms with Gasteiger partial charge in [0.1, 0.15) is 0 Å². The summed E-state index contributed by atoms with van der Waals surface area (Å²) in [5.41, 5.74) is 1.57. The van der Waals surface area contributed by atoms with Crippen molar-refractivity contribution in [2.45, 2.75) is 6.42 Å². The molecule has 0 unspecified atom stereocenters. The number of fused-ring (bicyclic) bond motifs is 1. The average molecular weight is 382 g/mol. The Kier molecular flexibility index (Phi) is 4.84. The number of urea groups is 1. The Morgan fingerprint density at radius 3 is 2.96 bits per heavy atom. The molecular weight excluding hydrogens is 366 g/mol. The number of anilines is 2. The van der Waals surface area contributed by atoms with Gasteiger partial charge in [-0.05, 0) is 30.7 Å². The zero-order valence-electron chi connectivity index (χ0n) is 14.3. The van der Waals surface area contributed by atoms with E-state index in [4.69, 9.17) is 16.3 Å². The summed E-state index contributed by atoms with van der Waals surface area (Å²) in [6.45, 7) is 0.991. The van der Waals surface area contributed by atoms with Crippen molar-refractivity contribution in [3.8, 4) is 17.0 Å². The normalized spacial score (nSPS) is 13.3. The number of rotatable bonds is 2. The highest BCUT2D eigenvalue weighted by atomic mass is 35.5. The number of amides is 2. The van der Waals surface area contributed by atoms with Crippen molar-refractivity contribution in [3.63, 3.8) is 0 Å². The lowest BCUT2D eigenvalue weighted by molar-refractivity contribution is 0.256. The third-order valence-electron chi connectivity index (χ3n) is 4.04. The summed E-state index contributed by atoms with van der Waals surface area (Å²) in [4.78, 5) is 27.1. The summed E-state index contributed by atoms with van der Waals surface area (Å²) in [5.74, 6) is 1.40. The van der Waals surface area contributed by atoms with Crippen LogP contribution in [0.25, 0.3) is 11.3 Å². The molecule has 0 radical (unpaired) electrons. The van der Waals surface area contributed by atoms with Crippen molar-refractivity contribution in [2.24, 2.45) is 0 Å². The lowest BCUT2D eigenvalue weighted by atomic mass is 10.1. The highest BCUT2D eigenvalue weighted by Crippen LogP contribution is 2.33. The van der Waals surface area contributed by atoms with Crippen molar-refractivity contribution in [2.75, 3.05) is 23.4 Å². The third-order valence-corrected chi connectivity index (χ3v) is 4.28. The van der Waals surface area contributed by atoms with Crippen LogP contribution in [0, 0.1) is 0 Å².